The van der Waals surface area contributed by atoms with Crippen LogP contribution in [0, 0.1) is 12.3 Å². The number of hydrogen-bond donors (Lipinski definition) is 1. The van der Waals surface area contributed by atoms with Crippen molar-refractivity contribution in [3.63, 3.8) is 0 Å². The van der Waals surface area contributed by atoms with Crippen LogP contribution in [0.15, 0.2) is 23.1 Å². The lowest BCUT2D eigenvalue weighted by atomic mass is 9.85. The zero-order valence-corrected chi connectivity index (χ0v) is 13.9. The van der Waals surface area contributed by atoms with Gasteiger partial charge in [0.25, 0.3) is 0 Å². The molecule has 0 bridgehead atoms. The van der Waals surface area contributed by atoms with E-state index >= 15 is 0 Å². The topological polar surface area (TPSA) is 57.6 Å². The van der Waals surface area contributed by atoms with Crippen molar-refractivity contribution in [1.82, 2.24) is 4.31 Å². The molecule has 0 spiro atoms. The van der Waals surface area contributed by atoms with Gasteiger partial charge in [-0.1, -0.05) is 26.0 Å². The first kappa shape index (κ1) is 16.5. The molecule has 0 aliphatic carbocycles. The molecule has 4 nitrogen and oxygen atoms in total. The van der Waals surface area contributed by atoms with Crippen LogP contribution in [0.4, 0.5) is 0 Å². The molecule has 0 atom stereocenters. The number of aliphatic hydroxyl groups is 1. The van der Waals surface area contributed by atoms with Crippen LogP contribution >= 0.6 is 0 Å². The maximum absolute atomic E-state index is 12.9. The van der Waals surface area contributed by atoms with Crippen molar-refractivity contribution in [3.05, 3.63) is 29.3 Å². The summed E-state index contributed by atoms with van der Waals surface area (Å²) < 4.78 is 27.4. The summed E-state index contributed by atoms with van der Waals surface area (Å²) >= 11 is 0. The zero-order chi connectivity index (χ0) is 15.7. The van der Waals surface area contributed by atoms with Crippen molar-refractivity contribution in [2.45, 2.75) is 51.5 Å². The molecule has 0 radical (unpaired) electrons. The van der Waals surface area contributed by atoms with Crippen molar-refractivity contribution in [2.24, 2.45) is 5.41 Å². The Morgan fingerprint density at radius 1 is 1.24 bits per heavy atom. The van der Waals surface area contributed by atoms with Crippen molar-refractivity contribution >= 4 is 10.0 Å². The van der Waals surface area contributed by atoms with Crippen LogP contribution in [-0.2, 0) is 16.6 Å². The van der Waals surface area contributed by atoms with E-state index in [4.69, 9.17) is 0 Å². The van der Waals surface area contributed by atoms with Gasteiger partial charge in [-0.15, -0.1) is 0 Å². The van der Waals surface area contributed by atoms with Crippen LogP contribution in [0.5, 0.6) is 0 Å². The van der Waals surface area contributed by atoms with Gasteiger partial charge >= 0.3 is 0 Å². The first-order chi connectivity index (χ1) is 9.76. The lowest BCUT2D eigenvalue weighted by molar-refractivity contribution is 0.281. The number of hydrogen-bond acceptors (Lipinski definition) is 3. The Labute approximate surface area is 127 Å². The predicted octanol–water partition coefficient (Wildman–Crippen LogP) is 2.69. The Morgan fingerprint density at radius 3 is 2.62 bits per heavy atom. The lowest BCUT2D eigenvalue weighted by Crippen LogP contribution is -2.33. The summed E-state index contributed by atoms with van der Waals surface area (Å²) in [6, 6.07) is 5.13. The molecule has 1 fully saturated rings. The van der Waals surface area contributed by atoms with Crippen LogP contribution in [0.25, 0.3) is 0 Å². The van der Waals surface area contributed by atoms with Crippen LogP contribution in [-0.4, -0.2) is 30.9 Å². The molecule has 0 unspecified atom stereocenters. The second kappa shape index (κ2) is 6.07. The molecular weight excluding hydrogens is 286 g/mol. The number of sulfonamides is 1. The molecule has 1 heterocycles. The molecule has 0 saturated carbocycles. The predicted molar refractivity (Wildman–Crippen MR) is 83.5 cm³/mol. The van der Waals surface area contributed by atoms with E-state index in [2.05, 4.69) is 13.8 Å². The molecule has 21 heavy (non-hydrogen) atoms. The number of rotatable bonds is 3. The van der Waals surface area contributed by atoms with E-state index in [0.717, 1.165) is 24.8 Å². The second-order valence-corrected chi connectivity index (χ2v) is 8.59. The van der Waals surface area contributed by atoms with Gasteiger partial charge in [0.15, 0.2) is 0 Å². The highest BCUT2D eigenvalue weighted by atomic mass is 32.2. The quantitative estimate of drug-likeness (QED) is 0.933. The van der Waals surface area contributed by atoms with Crippen molar-refractivity contribution < 1.29 is 13.5 Å². The van der Waals surface area contributed by atoms with Gasteiger partial charge in [-0.3, -0.25) is 0 Å². The summed E-state index contributed by atoms with van der Waals surface area (Å²) in [6.07, 6.45) is 2.82. The Bertz CT molecular complexity index is 608. The molecule has 1 aromatic carbocycles. The molecule has 0 aromatic heterocycles. The van der Waals surface area contributed by atoms with Gasteiger partial charge in [0.05, 0.1) is 11.5 Å². The summed E-state index contributed by atoms with van der Waals surface area (Å²) in [5.74, 6) is 0. The van der Waals surface area contributed by atoms with Crippen LogP contribution in [0.1, 0.15) is 44.2 Å². The Balaban J connectivity index is 2.33. The molecule has 5 heteroatoms. The summed E-state index contributed by atoms with van der Waals surface area (Å²) in [5, 5.41) is 9.23. The molecule has 1 N–H and O–H groups in total. The normalized spacial score (nSPS) is 20.2. The van der Waals surface area contributed by atoms with Gasteiger partial charge in [0.1, 0.15) is 0 Å². The van der Waals surface area contributed by atoms with Gasteiger partial charge in [0, 0.05) is 13.1 Å². The zero-order valence-electron chi connectivity index (χ0n) is 13.1. The van der Waals surface area contributed by atoms with Crippen molar-refractivity contribution in [1.29, 1.82) is 0 Å². The van der Waals surface area contributed by atoms with E-state index in [1.54, 1.807) is 29.4 Å². The maximum atomic E-state index is 12.9. The lowest BCUT2D eigenvalue weighted by Gasteiger charge is -2.23. The third-order valence-corrected chi connectivity index (χ3v) is 6.39. The smallest absolute Gasteiger partial charge is 0.243 e. The minimum atomic E-state index is -3.48. The number of aliphatic hydroxyl groups excluding tert-OH is 1. The first-order valence-electron chi connectivity index (χ1n) is 7.47. The Hall–Kier alpha value is -0.910. The largest absolute Gasteiger partial charge is 0.392 e. The Morgan fingerprint density at radius 2 is 1.95 bits per heavy atom. The molecule has 1 aliphatic heterocycles. The average molecular weight is 311 g/mol. The number of nitrogens with zero attached hydrogens (tertiary/aromatic N) is 1. The first-order valence-corrected chi connectivity index (χ1v) is 8.91. The third kappa shape index (κ3) is 3.65. The van der Waals surface area contributed by atoms with E-state index in [1.165, 1.54) is 0 Å². The number of aryl methyl sites for hydroxylation is 1. The van der Waals surface area contributed by atoms with Crippen molar-refractivity contribution in [3.8, 4) is 0 Å². The van der Waals surface area contributed by atoms with E-state index < -0.39 is 10.0 Å². The fourth-order valence-corrected chi connectivity index (χ4v) is 4.55. The standard InChI is InChI=1S/C16H25NO3S/c1-13-5-6-14(12-18)11-15(13)21(19,20)17-9-4-7-16(2,3)8-10-17/h5-6,11,18H,4,7-10,12H2,1-3H3. The summed E-state index contributed by atoms with van der Waals surface area (Å²) in [6.45, 7) is 7.19. The highest BCUT2D eigenvalue weighted by Gasteiger charge is 2.31. The van der Waals surface area contributed by atoms with Crippen molar-refractivity contribution in [2.75, 3.05) is 13.1 Å². The Kier molecular flexibility index (Phi) is 4.76. The summed E-state index contributed by atoms with van der Waals surface area (Å²) in [4.78, 5) is 0.328. The third-order valence-electron chi connectivity index (χ3n) is 4.35. The molecule has 1 aromatic rings. The van der Waals surface area contributed by atoms with Gasteiger partial charge in [-0.2, -0.15) is 4.31 Å². The molecule has 0 amide bonds. The van der Waals surface area contributed by atoms with Gasteiger partial charge < -0.3 is 5.11 Å². The number of benzene rings is 1. The van der Waals surface area contributed by atoms with Crippen LogP contribution < -0.4 is 0 Å². The highest BCUT2D eigenvalue weighted by molar-refractivity contribution is 7.89. The van der Waals surface area contributed by atoms with Crippen LogP contribution in [0.2, 0.25) is 0 Å². The van der Waals surface area contributed by atoms with Crippen LogP contribution in [0.3, 0.4) is 0 Å². The molecule has 118 valence electrons. The van der Waals surface area contributed by atoms with Gasteiger partial charge in [0.2, 0.25) is 10.0 Å². The molecule has 1 saturated heterocycles. The second-order valence-electron chi connectivity index (χ2n) is 6.68. The molecular formula is C16H25NO3S. The maximum Gasteiger partial charge on any atom is 0.243 e. The fourth-order valence-electron chi connectivity index (χ4n) is 2.80. The SMILES string of the molecule is Cc1ccc(CO)cc1S(=O)(=O)N1CCCC(C)(C)CC1. The van der Waals surface area contributed by atoms with E-state index in [0.29, 0.717) is 23.5 Å². The van der Waals surface area contributed by atoms with E-state index in [-0.39, 0.29) is 12.0 Å². The monoisotopic (exact) mass is 311 g/mol. The van der Waals surface area contributed by atoms with Gasteiger partial charge in [-0.05, 0) is 48.8 Å². The molecule has 2 rings (SSSR count). The minimum Gasteiger partial charge on any atom is -0.392 e. The molecule has 1 aliphatic rings. The van der Waals surface area contributed by atoms with Gasteiger partial charge in [-0.25, -0.2) is 8.42 Å². The average Bonchev–Trinajstić information content (AvgIpc) is 2.60. The summed E-state index contributed by atoms with van der Waals surface area (Å²) in [7, 11) is -3.48. The van der Waals surface area contributed by atoms with E-state index in [9.17, 15) is 13.5 Å². The van der Waals surface area contributed by atoms with E-state index in [1.807, 2.05) is 0 Å². The minimum absolute atomic E-state index is 0.143. The summed E-state index contributed by atoms with van der Waals surface area (Å²) in [5.41, 5.74) is 1.57. The highest BCUT2D eigenvalue weighted by Crippen LogP contribution is 2.32. The fraction of sp³-hybridized carbons (Fsp3) is 0.625.